The predicted octanol–water partition coefficient (Wildman–Crippen LogP) is 5.73. The van der Waals surface area contributed by atoms with Crippen LogP contribution < -0.4 is 5.32 Å². The molecule has 126 valence electrons. The maximum atomic E-state index is 14.1. The molecular weight excluding hydrogens is 387 g/mol. The molecule has 2 nitrogen and oxygen atoms in total. The molecule has 1 N–H and O–H groups in total. The van der Waals surface area contributed by atoms with Crippen LogP contribution in [-0.2, 0) is 6.54 Å². The van der Waals surface area contributed by atoms with E-state index >= 15 is 0 Å². The lowest BCUT2D eigenvalue weighted by atomic mass is 10.1. The second kappa shape index (κ2) is 8.08. The van der Waals surface area contributed by atoms with E-state index in [1.807, 2.05) is 36.4 Å². The lowest BCUT2D eigenvalue weighted by Crippen LogP contribution is -2.41. The van der Waals surface area contributed by atoms with Gasteiger partial charge in [0.1, 0.15) is 5.82 Å². The maximum absolute atomic E-state index is 14.1. The average molecular weight is 407 g/mol. The summed E-state index contributed by atoms with van der Waals surface area (Å²) in [6.45, 7) is 0.500. The van der Waals surface area contributed by atoms with E-state index in [0.717, 1.165) is 23.0 Å². The van der Waals surface area contributed by atoms with Crippen molar-refractivity contribution in [2.45, 2.75) is 38.3 Å². The molecule has 0 aliphatic heterocycles. The molecule has 2 aromatic carbocycles. The van der Waals surface area contributed by atoms with Crippen LogP contribution >= 0.6 is 28.1 Å². The minimum atomic E-state index is -0.174. The summed E-state index contributed by atoms with van der Waals surface area (Å²) in [5.74, 6) is -0.174. The van der Waals surface area contributed by atoms with E-state index in [0.29, 0.717) is 23.3 Å². The zero-order valence-electron chi connectivity index (χ0n) is 13.3. The number of hydrogen-bond acceptors (Lipinski definition) is 1. The van der Waals surface area contributed by atoms with Crippen LogP contribution in [0.3, 0.4) is 0 Å². The van der Waals surface area contributed by atoms with Gasteiger partial charge in [0.05, 0.1) is 0 Å². The zero-order valence-corrected chi connectivity index (χ0v) is 15.7. The standard InChI is InChI=1S/C19H20BrFN2S/c20-15-9-11-16(12-10-15)22-19(24)23(17-6-2-3-7-17)13-14-5-1-4-8-18(14)21/h1,4-5,8-12,17H,2-3,6-7,13H2,(H,22,24). The van der Waals surface area contributed by atoms with Crippen molar-refractivity contribution < 1.29 is 4.39 Å². The monoisotopic (exact) mass is 406 g/mol. The molecule has 0 saturated heterocycles. The highest BCUT2D eigenvalue weighted by molar-refractivity contribution is 9.10. The topological polar surface area (TPSA) is 15.3 Å². The minimum absolute atomic E-state index is 0.174. The fourth-order valence-electron chi connectivity index (χ4n) is 3.12. The van der Waals surface area contributed by atoms with Crippen LogP contribution in [0.4, 0.5) is 10.1 Å². The molecule has 0 bridgehead atoms. The molecule has 0 spiro atoms. The summed E-state index contributed by atoms with van der Waals surface area (Å²) >= 11 is 9.08. The quantitative estimate of drug-likeness (QED) is 0.652. The van der Waals surface area contributed by atoms with E-state index in [4.69, 9.17) is 12.2 Å². The summed E-state index contributed by atoms with van der Waals surface area (Å²) in [7, 11) is 0. The molecule has 2 aromatic rings. The number of thiocarbonyl (C=S) groups is 1. The molecule has 0 atom stereocenters. The molecule has 1 aliphatic rings. The van der Waals surface area contributed by atoms with Crippen molar-refractivity contribution >= 4 is 38.9 Å². The van der Waals surface area contributed by atoms with Gasteiger partial charge in [-0.3, -0.25) is 0 Å². The normalized spacial score (nSPS) is 14.6. The number of nitrogens with one attached hydrogen (secondary N) is 1. The van der Waals surface area contributed by atoms with E-state index in [2.05, 4.69) is 26.1 Å². The van der Waals surface area contributed by atoms with Crippen molar-refractivity contribution in [3.05, 3.63) is 64.4 Å². The highest BCUT2D eigenvalue weighted by atomic mass is 79.9. The average Bonchev–Trinajstić information content (AvgIpc) is 3.10. The number of rotatable bonds is 4. The Labute approximate surface area is 156 Å². The lowest BCUT2D eigenvalue weighted by Gasteiger charge is -2.32. The van der Waals surface area contributed by atoms with Crippen molar-refractivity contribution in [1.29, 1.82) is 0 Å². The molecule has 0 heterocycles. The van der Waals surface area contributed by atoms with Gasteiger partial charge in [-0.2, -0.15) is 0 Å². The van der Waals surface area contributed by atoms with Crippen LogP contribution in [0.1, 0.15) is 31.2 Å². The van der Waals surface area contributed by atoms with Crippen LogP contribution in [0, 0.1) is 5.82 Å². The van der Waals surface area contributed by atoms with E-state index in [1.165, 1.54) is 18.9 Å². The first-order valence-corrected chi connectivity index (χ1v) is 9.40. The Bertz CT molecular complexity index is 699. The Kier molecular flexibility index (Phi) is 5.85. The van der Waals surface area contributed by atoms with Gasteiger partial charge in [-0.15, -0.1) is 0 Å². The summed E-state index contributed by atoms with van der Waals surface area (Å²) in [4.78, 5) is 2.14. The second-order valence-corrected chi connectivity index (χ2v) is 7.40. The van der Waals surface area contributed by atoms with Gasteiger partial charge in [-0.1, -0.05) is 47.0 Å². The van der Waals surface area contributed by atoms with Gasteiger partial charge in [0.2, 0.25) is 0 Å². The lowest BCUT2D eigenvalue weighted by molar-refractivity contribution is 0.308. The minimum Gasteiger partial charge on any atom is -0.342 e. The second-order valence-electron chi connectivity index (χ2n) is 6.09. The van der Waals surface area contributed by atoms with Gasteiger partial charge >= 0.3 is 0 Å². The zero-order chi connectivity index (χ0) is 16.9. The van der Waals surface area contributed by atoms with Crippen molar-refractivity contribution in [3.8, 4) is 0 Å². The molecule has 0 amide bonds. The van der Waals surface area contributed by atoms with Crippen LogP contribution in [0.2, 0.25) is 0 Å². The van der Waals surface area contributed by atoms with Gasteiger partial charge in [0.15, 0.2) is 5.11 Å². The molecule has 0 unspecified atom stereocenters. The molecular formula is C19H20BrFN2S. The largest absolute Gasteiger partial charge is 0.342 e. The van der Waals surface area contributed by atoms with Crippen LogP contribution in [0.25, 0.3) is 0 Å². The Morgan fingerprint density at radius 3 is 2.46 bits per heavy atom. The van der Waals surface area contributed by atoms with E-state index < -0.39 is 0 Å². The van der Waals surface area contributed by atoms with E-state index in [1.54, 1.807) is 6.07 Å². The van der Waals surface area contributed by atoms with Crippen LogP contribution in [0.15, 0.2) is 53.0 Å². The van der Waals surface area contributed by atoms with Crippen LogP contribution in [-0.4, -0.2) is 16.1 Å². The fraction of sp³-hybridized carbons (Fsp3) is 0.316. The first-order valence-electron chi connectivity index (χ1n) is 8.20. The molecule has 24 heavy (non-hydrogen) atoms. The predicted molar refractivity (Wildman–Crippen MR) is 105 cm³/mol. The van der Waals surface area contributed by atoms with E-state index in [9.17, 15) is 4.39 Å². The number of benzene rings is 2. The number of anilines is 1. The van der Waals surface area contributed by atoms with Gasteiger partial charge in [-0.05, 0) is 55.4 Å². The Hall–Kier alpha value is -1.46. The number of nitrogens with zero attached hydrogens (tertiary/aromatic N) is 1. The summed E-state index contributed by atoms with van der Waals surface area (Å²) < 4.78 is 15.1. The Balaban J connectivity index is 1.77. The van der Waals surface area contributed by atoms with Gasteiger partial charge in [-0.25, -0.2) is 4.39 Å². The first kappa shape index (κ1) is 17.4. The highest BCUT2D eigenvalue weighted by Gasteiger charge is 2.25. The summed E-state index contributed by atoms with van der Waals surface area (Å²) in [5.41, 5.74) is 1.63. The Morgan fingerprint density at radius 2 is 1.79 bits per heavy atom. The van der Waals surface area contributed by atoms with Crippen molar-refractivity contribution in [2.75, 3.05) is 5.32 Å². The third-order valence-electron chi connectivity index (χ3n) is 4.42. The SMILES string of the molecule is Fc1ccccc1CN(C(=S)Nc1ccc(Br)cc1)C1CCCC1. The van der Waals surface area contributed by atoms with Crippen molar-refractivity contribution in [3.63, 3.8) is 0 Å². The van der Waals surface area contributed by atoms with Gasteiger partial charge in [0, 0.05) is 28.3 Å². The molecule has 0 radical (unpaired) electrons. The third kappa shape index (κ3) is 4.33. The van der Waals surface area contributed by atoms with E-state index in [-0.39, 0.29) is 5.82 Å². The highest BCUT2D eigenvalue weighted by Crippen LogP contribution is 2.26. The molecule has 0 aromatic heterocycles. The molecule has 1 saturated carbocycles. The summed E-state index contributed by atoms with van der Waals surface area (Å²) in [5, 5.41) is 3.96. The van der Waals surface area contributed by atoms with Gasteiger partial charge in [0.25, 0.3) is 0 Å². The molecule has 1 aliphatic carbocycles. The molecule has 3 rings (SSSR count). The maximum Gasteiger partial charge on any atom is 0.173 e. The molecule has 1 fully saturated rings. The third-order valence-corrected chi connectivity index (χ3v) is 5.29. The summed E-state index contributed by atoms with van der Waals surface area (Å²) in [6.07, 6.45) is 4.63. The Morgan fingerprint density at radius 1 is 1.12 bits per heavy atom. The summed E-state index contributed by atoms with van der Waals surface area (Å²) in [6, 6.07) is 15.2. The fourth-order valence-corrected chi connectivity index (χ4v) is 3.72. The van der Waals surface area contributed by atoms with Crippen molar-refractivity contribution in [2.24, 2.45) is 0 Å². The van der Waals surface area contributed by atoms with Crippen LogP contribution in [0.5, 0.6) is 0 Å². The smallest absolute Gasteiger partial charge is 0.173 e. The van der Waals surface area contributed by atoms with Crippen molar-refractivity contribution in [1.82, 2.24) is 4.90 Å². The number of halogens is 2. The number of hydrogen-bond donors (Lipinski definition) is 1. The first-order chi connectivity index (χ1) is 11.6. The molecule has 5 heteroatoms. The van der Waals surface area contributed by atoms with Gasteiger partial charge < -0.3 is 10.2 Å².